The molecule has 1 aliphatic rings. The largest absolute Gasteiger partial charge is 0.369 e. The van der Waals surface area contributed by atoms with Crippen LogP contribution in [0.1, 0.15) is 18.2 Å². The molecule has 0 spiro atoms. The van der Waals surface area contributed by atoms with Crippen molar-refractivity contribution in [3.63, 3.8) is 0 Å². The maximum atomic E-state index is 15.3. The van der Waals surface area contributed by atoms with Gasteiger partial charge in [0.1, 0.15) is 5.82 Å². The van der Waals surface area contributed by atoms with Gasteiger partial charge in [0.25, 0.3) is 0 Å². The first-order chi connectivity index (χ1) is 17.7. The number of alkyl halides is 2. The van der Waals surface area contributed by atoms with Gasteiger partial charge in [0.15, 0.2) is 11.5 Å². The molecule has 0 unspecified atom stereocenters. The maximum absolute atomic E-state index is 15.3. The van der Waals surface area contributed by atoms with Crippen LogP contribution < -0.4 is 15.5 Å². The summed E-state index contributed by atoms with van der Waals surface area (Å²) in [7, 11) is 0. The van der Waals surface area contributed by atoms with E-state index in [2.05, 4.69) is 43.9 Å². The lowest BCUT2D eigenvalue weighted by molar-refractivity contribution is -0.111. The summed E-state index contributed by atoms with van der Waals surface area (Å²) in [6.07, 6.45) is 1.59. The second-order valence-corrected chi connectivity index (χ2v) is 8.45. The quantitative estimate of drug-likeness (QED) is 0.329. The lowest BCUT2D eigenvalue weighted by Crippen LogP contribution is -2.46. The Bertz CT molecular complexity index is 1290. The molecule has 37 heavy (non-hydrogen) atoms. The summed E-state index contributed by atoms with van der Waals surface area (Å²) in [6, 6.07) is 9.32. The van der Waals surface area contributed by atoms with E-state index in [1.54, 1.807) is 6.07 Å². The summed E-state index contributed by atoms with van der Waals surface area (Å²) in [6.45, 7) is 9.64. The van der Waals surface area contributed by atoms with Crippen LogP contribution in [-0.4, -0.2) is 53.5 Å². The number of likely N-dealkylation sites (N-methyl/N-ethyl adjacent to an activating group) is 1. The third-order valence-electron chi connectivity index (χ3n) is 6.10. The number of nitrogens with zero attached hydrogens (tertiary/aromatic N) is 4. The maximum Gasteiger partial charge on any atom is 0.318 e. The Kier molecular flexibility index (Phi) is 7.72. The van der Waals surface area contributed by atoms with E-state index < -0.39 is 40.7 Å². The number of anilines is 4. The summed E-state index contributed by atoms with van der Waals surface area (Å²) in [5, 5.41) is 4.94. The smallest absolute Gasteiger partial charge is 0.318 e. The zero-order valence-corrected chi connectivity index (χ0v) is 20.1. The van der Waals surface area contributed by atoms with Gasteiger partial charge in [-0.25, -0.2) is 18.7 Å². The molecule has 0 aliphatic carbocycles. The molecule has 0 atom stereocenters. The predicted octanol–water partition coefficient (Wildman–Crippen LogP) is 4.90. The van der Waals surface area contributed by atoms with E-state index in [4.69, 9.17) is 0 Å². The average molecular weight is 515 g/mol. The summed E-state index contributed by atoms with van der Waals surface area (Å²) in [5.74, 6) is -6.81. The van der Waals surface area contributed by atoms with Gasteiger partial charge in [-0.2, -0.15) is 8.78 Å². The molecule has 7 nitrogen and oxygen atoms in total. The predicted molar refractivity (Wildman–Crippen MR) is 134 cm³/mol. The lowest BCUT2D eigenvalue weighted by Gasteiger charge is -2.35. The van der Waals surface area contributed by atoms with E-state index in [0.29, 0.717) is 11.9 Å². The monoisotopic (exact) mass is 514 g/mol. The van der Waals surface area contributed by atoms with Crippen molar-refractivity contribution in [2.75, 3.05) is 48.3 Å². The highest BCUT2D eigenvalue weighted by Gasteiger charge is 2.39. The fourth-order valence-corrected chi connectivity index (χ4v) is 4.01. The molecule has 3 aromatic rings. The molecule has 0 radical (unpaired) electrons. The minimum Gasteiger partial charge on any atom is -0.369 e. The van der Waals surface area contributed by atoms with Gasteiger partial charge in [-0.15, -0.1) is 0 Å². The number of hydrogen-bond acceptors (Lipinski definition) is 6. The average Bonchev–Trinajstić information content (AvgIpc) is 2.91. The molecule has 194 valence electrons. The van der Waals surface area contributed by atoms with Crippen LogP contribution in [0.15, 0.2) is 61.3 Å². The van der Waals surface area contributed by atoms with Crippen molar-refractivity contribution in [2.24, 2.45) is 0 Å². The molecule has 2 heterocycles. The van der Waals surface area contributed by atoms with Crippen molar-refractivity contribution < 1.29 is 22.4 Å². The van der Waals surface area contributed by atoms with Crippen molar-refractivity contribution >= 4 is 28.9 Å². The zero-order valence-electron chi connectivity index (χ0n) is 20.1. The van der Waals surface area contributed by atoms with Gasteiger partial charge in [0.2, 0.25) is 11.9 Å². The number of piperazine rings is 1. The number of amides is 1. The Morgan fingerprint density at radius 3 is 2.54 bits per heavy atom. The van der Waals surface area contributed by atoms with Gasteiger partial charge < -0.3 is 20.4 Å². The number of carbonyl (C=O) groups is 1. The van der Waals surface area contributed by atoms with Crippen molar-refractivity contribution in [1.82, 2.24) is 14.9 Å². The molecule has 2 N–H and O–H groups in total. The first-order valence-electron chi connectivity index (χ1n) is 11.7. The van der Waals surface area contributed by atoms with Crippen LogP contribution in [0.2, 0.25) is 0 Å². The highest BCUT2D eigenvalue weighted by molar-refractivity contribution is 5.98. The van der Waals surface area contributed by atoms with Gasteiger partial charge in [-0.1, -0.05) is 25.6 Å². The van der Waals surface area contributed by atoms with Crippen molar-refractivity contribution in [1.29, 1.82) is 0 Å². The number of aromatic nitrogens is 2. The molecular formula is C26H26F4N6O. The third-order valence-corrected chi connectivity index (χ3v) is 6.10. The molecule has 0 bridgehead atoms. The number of rotatable bonds is 8. The number of benzene rings is 2. The first kappa shape index (κ1) is 26.1. The van der Waals surface area contributed by atoms with E-state index in [0.717, 1.165) is 50.9 Å². The van der Waals surface area contributed by atoms with Crippen molar-refractivity contribution in [3.05, 3.63) is 84.2 Å². The second-order valence-electron chi connectivity index (χ2n) is 8.45. The second kappa shape index (κ2) is 11.0. The van der Waals surface area contributed by atoms with Gasteiger partial charge in [0.05, 0.1) is 11.9 Å². The Morgan fingerprint density at radius 1 is 1.11 bits per heavy atom. The number of nitrogens with one attached hydrogen (secondary N) is 2. The molecule has 2 aromatic carbocycles. The van der Waals surface area contributed by atoms with Crippen LogP contribution in [0, 0.1) is 11.6 Å². The normalized spacial score (nSPS) is 14.4. The minimum atomic E-state index is -3.87. The zero-order chi connectivity index (χ0) is 26.6. The Labute approximate surface area is 211 Å². The van der Waals surface area contributed by atoms with Crippen LogP contribution in [0.3, 0.4) is 0 Å². The van der Waals surface area contributed by atoms with Crippen LogP contribution >= 0.6 is 0 Å². The number of halogens is 4. The number of hydrogen-bond donors (Lipinski definition) is 2. The summed E-state index contributed by atoms with van der Waals surface area (Å²) in [5.41, 5.74) is -1.05. The Balaban J connectivity index is 1.55. The third kappa shape index (κ3) is 5.88. The van der Waals surface area contributed by atoms with E-state index >= 15 is 8.78 Å². The molecule has 1 saturated heterocycles. The molecule has 1 fully saturated rings. The molecule has 1 amide bonds. The van der Waals surface area contributed by atoms with Gasteiger partial charge >= 0.3 is 5.92 Å². The van der Waals surface area contributed by atoms with Crippen LogP contribution in [0.25, 0.3) is 0 Å². The lowest BCUT2D eigenvalue weighted by atomic mass is 10.0. The standard InChI is InChI=1S/C26H26F4N6O/c1-3-23(37)32-18-7-5-6-17(14-18)26(29,30)24-21(28)16-31-25(34-24)33-22-9-8-19(15-20(22)27)36-12-10-35(4-2)11-13-36/h3,5-9,14-16H,1,4,10-13H2,2H3,(H,32,37)(H,31,33,34). The summed E-state index contributed by atoms with van der Waals surface area (Å²) < 4.78 is 59.9. The molecule has 1 aromatic heterocycles. The van der Waals surface area contributed by atoms with Gasteiger partial charge in [-0.05, 0) is 43.0 Å². The molecule has 4 rings (SSSR count). The van der Waals surface area contributed by atoms with E-state index in [-0.39, 0.29) is 11.4 Å². The SMILES string of the molecule is C=CC(=O)Nc1cccc(C(F)(F)c2nc(Nc3ccc(N4CCN(CC)CC4)cc3F)ncc2F)c1. The first-order valence-corrected chi connectivity index (χ1v) is 11.7. The van der Waals surface area contributed by atoms with Crippen LogP contribution in [0.4, 0.5) is 40.6 Å². The molecule has 11 heteroatoms. The molecule has 0 saturated carbocycles. The Morgan fingerprint density at radius 2 is 1.86 bits per heavy atom. The minimum absolute atomic E-state index is 0.0362. The molecule has 1 aliphatic heterocycles. The fraction of sp³-hybridized carbons (Fsp3) is 0.269. The van der Waals surface area contributed by atoms with Crippen molar-refractivity contribution in [3.8, 4) is 0 Å². The highest BCUT2D eigenvalue weighted by Crippen LogP contribution is 2.37. The topological polar surface area (TPSA) is 73.4 Å². The van der Waals surface area contributed by atoms with Gasteiger partial charge in [-0.3, -0.25) is 4.79 Å². The van der Waals surface area contributed by atoms with Crippen LogP contribution in [-0.2, 0) is 10.7 Å². The summed E-state index contributed by atoms with van der Waals surface area (Å²) in [4.78, 5) is 23.2. The van der Waals surface area contributed by atoms with E-state index in [1.165, 1.54) is 24.3 Å². The van der Waals surface area contributed by atoms with Gasteiger partial charge in [0, 0.05) is 43.1 Å². The van der Waals surface area contributed by atoms with E-state index in [1.807, 2.05) is 0 Å². The van der Waals surface area contributed by atoms with Crippen LogP contribution in [0.5, 0.6) is 0 Å². The number of carbonyl (C=O) groups excluding carboxylic acids is 1. The highest BCUT2D eigenvalue weighted by atomic mass is 19.3. The fourth-order valence-electron chi connectivity index (χ4n) is 4.01. The van der Waals surface area contributed by atoms with E-state index in [9.17, 15) is 13.6 Å². The van der Waals surface area contributed by atoms with Crippen molar-refractivity contribution in [2.45, 2.75) is 12.8 Å². The summed E-state index contributed by atoms with van der Waals surface area (Å²) >= 11 is 0. The Hall–Kier alpha value is -3.99. The molecular weight excluding hydrogens is 488 g/mol.